The monoisotopic (exact) mass is 316 g/mol. The highest BCUT2D eigenvalue weighted by atomic mass is 32.1. The van der Waals surface area contributed by atoms with Gasteiger partial charge in [-0.25, -0.2) is 9.78 Å². The van der Waals surface area contributed by atoms with Crippen molar-refractivity contribution in [3.05, 3.63) is 40.7 Å². The van der Waals surface area contributed by atoms with Crippen LogP contribution in [0.5, 0.6) is 0 Å². The number of hydrogen-bond acceptors (Lipinski definition) is 5. The van der Waals surface area contributed by atoms with Crippen molar-refractivity contribution in [2.75, 3.05) is 12.4 Å². The van der Waals surface area contributed by atoms with Gasteiger partial charge in [0.2, 0.25) is 0 Å². The number of benzene rings is 1. The number of aromatic nitrogens is 2. The third kappa shape index (κ3) is 2.80. The number of nitrogens with zero attached hydrogens (tertiary/aromatic N) is 3. The maximum atomic E-state index is 12.3. The minimum atomic E-state index is -0.214. The smallest absolute Gasteiger partial charge is 0.322 e. The molecule has 0 radical (unpaired) electrons. The van der Waals surface area contributed by atoms with Crippen molar-refractivity contribution in [1.82, 2.24) is 15.0 Å². The Bertz CT molecular complexity index is 771. The van der Waals surface area contributed by atoms with E-state index in [1.807, 2.05) is 24.3 Å². The summed E-state index contributed by atoms with van der Waals surface area (Å²) in [6.07, 6.45) is 0. The highest BCUT2D eigenvalue weighted by molar-refractivity contribution is 7.18. The summed E-state index contributed by atoms with van der Waals surface area (Å²) in [5.74, 6) is 0.597. The summed E-state index contributed by atoms with van der Waals surface area (Å²) in [6, 6.07) is 7.73. The fourth-order valence-corrected chi connectivity index (χ4v) is 3.15. The number of aryl methyl sites for hydroxylation is 2. The predicted molar refractivity (Wildman–Crippen MR) is 86.1 cm³/mol. The summed E-state index contributed by atoms with van der Waals surface area (Å²) >= 11 is 1.59. The summed E-state index contributed by atoms with van der Waals surface area (Å²) in [7, 11) is 1.74. The molecule has 1 N–H and O–H groups in total. The van der Waals surface area contributed by atoms with Crippen LogP contribution in [0.25, 0.3) is 10.2 Å². The molecule has 0 aliphatic rings. The minimum Gasteiger partial charge on any atom is -0.359 e. The summed E-state index contributed by atoms with van der Waals surface area (Å²) in [5, 5.41) is 7.54. The number of anilines is 1. The first kappa shape index (κ1) is 14.5. The molecule has 2 heterocycles. The molecule has 0 atom stereocenters. The molecule has 1 aromatic carbocycles. The quantitative estimate of drug-likeness (QED) is 0.802. The van der Waals surface area contributed by atoms with Crippen LogP contribution in [0.4, 0.5) is 10.5 Å². The third-order valence-electron chi connectivity index (χ3n) is 3.32. The molecule has 0 aliphatic heterocycles. The Morgan fingerprint density at radius 1 is 1.36 bits per heavy atom. The largest absolute Gasteiger partial charge is 0.359 e. The fourth-order valence-electron chi connectivity index (χ4n) is 2.13. The van der Waals surface area contributed by atoms with Gasteiger partial charge in [-0.05, 0) is 26.0 Å². The molecule has 0 saturated carbocycles. The van der Waals surface area contributed by atoms with Gasteiger partial charge < -0.3 is 14.7 Å². The Morgan fingerprint density at radius 3 is 2.82 bits per heavy atom. The van der Waals surface area contributed by atoms with Crippen molar-refractivity contribution in [2.45, 2.75) is 20.4 Å². The van der Waals surface area contributed by atoms with E-state index < -0.39 is 0 Å². The average Bonchev–Trinajstić information content (AvgIpc) is 3.04. The van der Waals surface area contributed by atoms with Gasteiger partial charge in [-0.3, -0.25) is 0 Å². The lowest BCUT2D eigenvalue weighted by atomic mass is 10.3. The van der Waals surface area contributed by atoms with Gasteiger partial charge in [0.1, 0.15) is 16.4 Å². The number of para-hydroxylation sites is 1. The average molecular weight is 316 g/mol. The van der Waals surface area contributed by atoms with Crippen LogP contribution in [0, 0.1) is 13.8 Å². The van der Waals surface area contributed by atoms with Crippen molar-refractivity contribution in [3.63, 3.8) is 0 Å². The number of hydrogen-bond donors (Lipinski definition) is 1. The predicted octanol–water partition coefficient (Wildman–Crippen LogP) is 3.57. The van der Waals surface area contributed by atoms with Crippen molar-refractivity contribution >= 4 is 33.3 Å². The first-order valence-corrected chi connectivity index (χ1v) is 7.65. The lowest BCUT2D eigenvalue weighted by Crippen LogP contribution is -2.31. The Kier molecular flexibility index (Phi) is 3.81. The molecular weight excluding hydrogens is 300 g/mol. The van der Waals surface area contributed by atoms with E-state index in [2.05, 4.69) is 15.5 Å². The summed E-state index contributed by atoms with van der Waals surface area (Å²) in [6.45, 7) is 4.01. The third-order valence-corrected chi connectivity index (χ3v) is 4.34. The molecule has 2 aromatic heterocycles. The molecule has 22 heavy (non-hydrogen) atoms. The highest BCUT2D eigenvalue weighted by Crippen LogP contribution is 2.23. The summed E-state index contributed by atoms with van der Waals surface area (Å²) in [4.78, 5) is 18.4. The number of urea groups is 1. The SMILES string of the molecule is Cc1noc(C)c1NC(=O)N(C)Cc1nc2ccccc2s1. The molecule has 0 bridgehead atoms. The maximum absolute atomic E-state index is 12.3. The van der Waals surface area contributed by atoms with Gasteiger partial charge in [0.05, 0.1) is 16.8 Å². The normalized spacial score (nSPS) is 10.9. The molecule has 3 rings (SSSR count). The summed E-state index contributed by atoms with van der Waals surface area (Å²) < 4.78 is 6.16. The van der Waals surface area contributed by atoms with Gasteiger partial charge in [-0.1, -0.05) is 17.3 Å². The topological polar surface area (TPSA) is 71.3 Å². The molecule has 7 heteroatoms. The van der Waals surface area contributed by atoms with E-state index in [-0.39, 0.29) is 6.03 Å². The lowest BCUT2D eigenvalue weighted by Gasteiger charge is -2.16. The Labute approximate surface area is 131 Å². The molecule has 0 fully saturated rings. The van der Waals surface area contributed by atoms with E-state index in [4.69, 9.17) is 4.52 Å². The van der Waals surface area contributed by atoms with E-state index in [1.54, 1.807) is 37.1 Å². The number of rotatable bonds is 3. The van der Waals surface area contributed by atoms with Crippen molar-refractivity contribution in [1.29, 1.82) is 0 Å². The van der Waals surface area contributed by atoms with E-state index >= 15 is 0 Å². The van der Waals surface area contributed by atoms with Crippen LogP contribution in [0.15, 0.2) is 28.8 Å². The fraction of sp³-hybridized carbons (Fsp3) is 0.267. The van der Waals surface area contributed by atoms with Gasteiger partial charge in [-0.15, -0.1) is 11.3 Å². The zero-order valence-corrected chi connectivity index (χ0v) is 13.4. The van der Waals surface area contributed by atoms with Gasteiger partial charge in [0.25, 0.3) is 0 Å². The molecule has 0 unspecified atom stereocenters. The summed E-state index contributed by atoms with van der Waals surface area (Å²) in [5.41, 5.74) is 2.25. The van der Waals surface area contributed by atoms with Crippen molar-refractivity contribution in [2.24, 2.45) is 0 Å². The second kappa shape index (κ2) is 5.76. The van der Waals surface area contributed by atoms with Crippen LogP contribution in [0.2, 0.25) is 0 Å². The number of nitrogens with one attached hydrogen (secondary N) is 1. The number of thiazole rings is 1. The molecule has 114 valence electrons. The van der Waals surface area contributed by atoms with E-state index in [0.29, 0.717) is 23.7 Å². The van der Waals surface area contributed by atoms with E-state index in [9.17, 15) is 4.79 Å². The van der Waals surface area contributed by atoms with Gasteiger partial charge in [0.15, 0.2) is 5.76 Å². The molecular formula is C15H16N4O2S. The molecule has 0 spiro atoms. The second-order valence-corrected chi connectivity index (χ2v) is 6.18. The molecule has 3 aromatic rings. The first-order chi connectivity index (χ1) is 10.5. The standard InChI is InChI=1S/C15H16N4O2S/c1-9-14(10(2)21-18-9)17-15(20)19(3)8-13-16-11-6-4-5-7-12(11)22-13/h4-7H,8H2,1-3H3,(H,17,20). The van der Waals surface area contributed by atoms with Gasteiger partial charge in [0, 0.05) is 7.05 Å². The molecule has 2 amide bonds. The van der Waals surface area contributed by atoms with E-state index in [0.717, 1.165) is 15.2 Å². The molecule has 0 aliphatic carbocycles. The van der Waals surface area contributed by atoms with Crippen molar-refractivity contribution in [3.8, 4) is 0 Å². The molecule has 6 nitrogen and oxygen atoms in total. The second-order valence-electron chi connectivity index (χ2n) is 5.06. The van der Waals surface area contributed by atoms with Crippen LogP contribution in [-0.4, -0.2) is 28.1 Å². The zero-order chi connectivity index (χ0) is 15.7. The zero-order valence-electron chi connectivity index (χ0n) is 12.6. The van der Waals surface area contributed by atoms with Crippen LogP contribution in [0.1, 0.15) is 16.5 Å². The number of fused-ring (bicyclic) bond motifs is 1. The number of amides is 2. The maximum Gasteiger partial charge on any atom is 0.322 e. The van der Waals surface area contributed by atoms with Crippen molar-refractivity contribution < 1.29 is 9.32 Å². The van der Waals surface area contributed by atoms with Gasteiger partial charge in [-0.2, -0.15) is 0 Å². The van der Waals surface area contributed by atoms with Crippen LogP contribution >= 0.6 is 11.3 Å². The van der Waals surface area contributed by atoms with E-state index in [1.165, 1.54) is 0 Å². The Hall–Kier alpha value is -2.41. The minimum absolute atomic E-state index is 0.214. The first-order valence-electron chi connectivity index (χ1n) is 6.84. The highest BCUT2D eigenvalue weighted by Gasteiger charge is 2.16. The van der Waals surface area contributed by atoms with Gasteiger partial charge >= 0.3 is 6.03 Å². The Balaban J connectivity index is 1.71. The van der Waals surface area contributed by atoms with Crippen LogP contribution in [0.3, 0.4) is 0 Å². The van der Waals surface area contributed by atoms with Crippen LogP contribution < -0.4 is 5.32 Å². The Morgan fingerprint density at radius 2 is 2.14 bits per heavy atom. The number of carbonyl (C=O) groups is 1. The number of carbonyl (C=O) groups excluding carboxylic acids is 1. The lowest BCUT2D eigenvalue weighted by molar-refractivity contribution is 0.220. The van der Waals surface area contributed by atoms with Crippen LogP contribution in [-0.2, 0) is 6.54 Å². The molecule has 0 saturated heterocycles.